The molecule has 3 aromatic rings. The van der Waals surface area contributed by atoms with Crippen molar-refractivity contribution in [1.82, 2.24) is 15.2 Å². The number of rotatable bonds is 12. The zero-order valence-corrected chi connectivity index (χ0v) is 21.8. The normalized spacial score (nSPS) is 12.1. The highest BCUT2D eigenvalue weighted by Gasteiger charge is 2.18. The molecule has 0 unspecified atom stereocenters. The molecule has 35 heavy (non-hydrogen) atoms. The molecule has 0 saturated carbocycles. The highest BCUT2D eigenvalue weighted by Crippen LogP contribution is 2.28. The van der Waals surface area contributed by atoms with E-state index in [1.54, 1.807) is 31.7 Å². The van der Waals surface area contributed by atoms with E-state index in [-0.39, 0.29) is 17.8 Å². The Morgan fingerprint density at radius 1 is 1.09 bits per heavy atom. The highest BCUT2D eigenvalue weighted by atomic mass is 32.1. The predicted octanol–water partition coefficient (Wildman–Crippen LogP) is 5.32. The number of amides is 1. The third-order valence-corrected chi connectivity index (χ3v) is 6.85. The lowest BCUT2D eigenvalue weighted by Gasteiger charge is -2.22. The van der Waals surface area contributed by atoms with Gasteiger partial charge in [0.25, 0.3) is 5.91 Å². The molecule has 0 aliphatic heterocycles. The summed E-state index contributed by atoms with van der Waals surface area (Å²) < 4.78 is 25.2. The van der Waals surface area contributed by atoms with Gasteiger partial charge in [-0.25, -0.2) is 9.37 Å². The zero-order valence-electron chi connectivity index (χ0n) is 21.0. The molecular weight excluding hydrogens is 465 g/mol. The maximum absolute atomic E-state index is 14.4. The first-order valence-corrected chi connectivity index (χ1v) is 12.6. The summed E-state index contributed by atoms with van der Waals surface area (Å²) in [5.41, 5.74) is 2.13. The molecule has 0 fully saturated rings. The van der Waals surface area contributed by atoms with Gasteiger partial charge in [0.15, 0.2) is 11.5 Å². The molecular formula is C27H34FN3O3S. The van der Waals surface area contributed by atoms with Crippen LogP contribution in [0, 0.1) is 11.7 Å². The molecule has 2 aromatic carbocycles. The average molecular weight is 500 g/mol. The van der Waals surface area contributed by atoms with Crippen molar-refractivity contribution in [3.05, 3.63) is 75.5 Å². The van der Waals surface area contributed by atoms with Crippen LogP contribution in [0.15, 0.2) is 47.8 Å². The van der Waals surface area contributed by atoms with Crippen molar-refractivity contribution in [1.29, 1.82) is 0 Å². The number of benzene rings is 2. The summed E-state index contributed by atoms with van der Waals surface area (Å²) in [6, 6.07) is 12.7. The Morgan fingerprint density at radius 3 is 2.51 bits per heavy atom. The molecule has 1 aromatic heterocycles. The smallest absolute Gasteiger partial charge is 0.270 e. The second kappa shape index (κ2) is 12.7. The van der Waals surface area contributed by atoms with Crippen molar-refractivity contribution in [3.8, 4) is 11.5 Å². The van der Waals surface area contributed by atoms with Gasteiger partial charge in [-0.2, -0.15) is 0 Å². The highest BCUT2D eigenvalue weighted by molar-refractivity contribution is 7.09. The fourth-order valence-corrected chi connectivity index (χ4v) is 4.35. The van der Waals surface area contributed by atoms with E-state index < -0.39 is 0 Å². The minimum absolute atomic E-state index is 0.0618. The van der Waals surface area contributed by atoms with Gasteiger partial charge in [-0.3, -0.25) is 9.69 Å². The molecule has 0 saturated heterocycles. The van der Waals surface area contributed by atoms with Gasteiger partial charge >= 0.3 is 0 Å². The lowest BCUT2D eigenvalue weighted by atomic mass is 10.1. The second-order valence-corrected chi connectivity index (χ2v) is 9.82. The fourth-order valence-electron chi connectivity index (χ4n) is 3.53. The van der Waals surface area contributed by atoms with Crippen LogP contribution in [-0.4, -0.2) is 42.6 Å². The Labute approximate surface area is 211 Å². The predicted molar refractivity (Wildman–Crippen MR) is 138 cm³/mol. The number of aromatic nitrogens is 1. The SMILES string of the molecule is COc1ccc(CCN(Cc2nc(C(=O)N[C@H](C)C(C)C)cs2)Cc2ccccc2F)cc1OC. The Balaban J connectivity index is 1.74. The summed E-state index contributed by atoms with van der Waals surface area (Å²) >= 11 is 1.45. The zero-order chi connectivity index (χ0) is 25.4. The maximum Gasteiger partial charge on any atom is 0.270 e. The van der Waals surface area contributed by atoms with Crippen LogP contribution >= 0.6 is 11.3 Å². The van der Waals surface area contributed by atoms with E-state index in [1.165, 1.54) is 17.4 Å². The van der Waals surface area contributed by atoms with Gasteiger partial charge in [-0.1, -0.05) is 38.1 Å². The minimum atomic E-state index is -0.231. The minimum Gasteiger partial charge on any atom is -0.493 e. The largest absolute Gasteiger partial charge is 0.493 e. The van der Waals surface area contributed by atoms with Gasteiger partial charge in [0, 0.05) is 30.1 Å². The maximum atomic E-state index is 14.4. The fraction of sp³-hybridized carbons (Fsp3) is 0.407. The first kappa shape index (κ1) is 26.6. The summed E-state index contributed by atoms with van der Waals surface area (Å²) in [5.74, 6) is 1.30. The van der Waals surface area contributed by atoms with Crippen molar-refractivity contribution in [2.45, 2.75) is 46.3 Å². The lowest BCUT2D eigenvalue weighted by Crippen LogP contribution is -2.36. The van der Waals surface area contributed by atoms with Gasteiger partial charge in [-0.05, 0) is 43.0 Å². The molecule has 3 rings (SSSR count). The number of methoxy groups -OCH3 is 2. The van der Waals surface area contributed by atoms with Crippen LogP contribution in [0.1, 0.15) is 47.4 Å². The van der Waals surface area contributed by atoms with Crippen LogP contribution in [0.25, 0.3) is 0 Å². The number of thiazole rings is 1. The number of hydrogen-bond donors (Lipinski definition) is 1. The van der Waals surface area contributed by atoms with Crippen LogP contribution in [0.2, 0.25) is 0 Å². The number of hydrogen-bond acceptors (Lipinski definition) is 6. The molecule has 8 heteroatoms. The molecule has 1 heterocycles. The summed E-state index contributed by atoms with van der Waals surface area (Å²) in [7, 11) is 3.23. The number of halogens is 1. The van der Waals surface area contributed by atoms with E-state index in [9.17, 15) is 9.18 Å². The summed E-state index contributed by atoms with van der Waals surface area (Å²) in [6.45, 7) is 7.74. The number of nitrogens with zero attached hydrogens (tertiary/aromatic N) is 2. The van der Waals surface area contributed by atoms with Crippen LogP contribution in [-0.2, 0) is 19.5 Å². The Kier molecular flexibility index (Phi) is 9.63. The second-order valence-electron chi connectivity index (χ2n) is 8.87. The number of carbonyl (C=O) groups is 1. The van der Waals surface area contributed by atoms with E-state index in [4.69, 9.17) is 9.47 Å². The summed E-state index contributed by atoms with van der Waals surface area (Å²) in [4.78, 5) is 19.3. The third kappa shape index (κ3) is 7.50. The summed E-state index contributed by atoms with van der Waals surface area (Å²) in [6.07, 6.45) is 0.736. The van der Waals surface area contributed by atoms with Crippen molar-refractivity contribution < 1.29 is 18.7 Å². The van der Waals surface area contributed by atoms with Crippen molar-refractivity contribution in [2.75, 3.05) is 20.8 Å². The lowest BCUT2D eigenvalue weighted by molar-refractivity contribution is 0.0925. The third-order valence-electron chi connectivity index (χ3n) is 6.02. The molecule has 1 N–H and O–H groups in total. The number of ether oxygens (including phenoxy) is 2. The quantitative estimate of drug-likeness (QED) is 0.366. The molecule has 1 amide bonds. The molecule has 6 nitrogen and oxygen atoms in total. The van der Waals surface area contributed by atoms with Gasteiger partial charge in [-0.15, -0.1) is 11.3 Å². The molecule has 0 spiro atoms. The average Bonchev–Trinajstić information content (AvgIpc) is 3.32. The van der Waals surface area contributed by atoms with Gasteiger partial charge in [0.05, 0.1) is 20.8 Å². The monoisotopic (exact) mass is 499 g/mol. The van der Waals surface area contributed by atoms with E-state index in [0.29, 0.717) is 48.3 Å². The van der Waals surface area contributed by atoms with Crippen molar-refractivity contribution in [2.24, 2.45) is 5.92 Å². The van der Waals surface area contributed by atoms with E-state index >= 15 is 0 Å². The Hall–Kier alpha value is -2.97. The number of carbonyl (C=O) groups excluding carboxylic acids is 1. The van der Waals surface area contributed by atoms with E-state index in [1.807, 2.05) is 31.2 Å². The van der Waals surface area contributed by atoms with Crippen LogP contribution < -0.4 is 14.8 Å². The summed E-state index contributed by atoms with van der Waals surface area (Å²) in [5, 5.41) is 5.60. The van der Waals surface area contributed by atoms with Crippen LogP contribution in [0.4, 0.5) is 4.39 Å². The van der Waals surface area contributed by atoms with Gasteiger partial charge in [0.1, 0.15) is 16.5 Å². The standard InChI is InChI=1S/C27H34FN3O3S/c1-18(2)19(3)29-27(32)23-17-35-26(30-23)16-31(15-21-8-6-7-9-22(21)28)13-12-20-10-11-24(33-4)25(14-20)34-5/h6-11,14,17-19H,12-13,15-16H2,1-5H3,(H,29,32)/t19-/m1/s1. The molecule has 0 bridgehead atoms. The molecule has 0 aliphatic rings. The van der Waals surface area contributed by atoms with E-state index in [2.05, 4.69) is 29.0 Å². The first-order chi connectivity index (χ1) is 16.8. The van der Waals surface area contributed by atoms with Gasteiger partial charge in [0.2, 0.25) is 0 Å². The Bertz CT molecular complexity index is 1120. The van der Waals surface area contributed by atoms with Crippen LogP contribution in [0.3, 0.4) is 0 Å². The molecule has 1 atom stereocenters. The van der Waals surface area contributed by atoms with Crippen molar-refractivity contribution in [3.63, 3.8) is 0 Å². The topological polar surface area (TPSA) is 63.7 Å². The van der Waals surface area contributed by atoms with Gasteiger partial charge < -0.3 is 14.8 Å². The first-order valence-electron chi connectivity index (χ1n) is 11.7. The Morgan fingerprint density at radius 2 is 1.83 bits per heavy atom. The van der Waals surface area contributed by atoms with Crippen LogP contribution in [0.5, 0.6) is 11.5 Å². The molecule has 0 aliphatic carbocycles. The molecule has 188 valence electrons. The number of nitrogens with one attached hydrogen (secondary N) is 1. The van der Waals surface area contributed by atoms with Crippen molar-refractivity contribution >= 4 is 17.2 Å². The molecule has 0 radical (unpaired) electrons. The van der Waals surface area contributed by atoms with E-state index in [0.717, 1.165) is 17.0 Å².